The maximum atomic E-state index is 12.8. The average molecular weight is 348 g/mol. The van der Waals surface area contributed by atoms with Gasteiger partial charge in [0.1, 0.15) is 5.01 Å². The van der Waals surface area contributed by atoms with Crippen molar-refractivity contribution in [3.8, 4) is 10.6 Å². The van der Waals surface area contributed by atoms with E-state index in [1.807, 2.05) is 11.6 Å². The third-order valence-corrected chi connectivity index (χ3v) is 5.88. The first-order chi connectivity index (χ1) is 11.0. The summed E-state index contributed by atoms with van der Waals surface area (Å²) in [6.45, 7) is 5.03. The molecule has 1 aromatic heterocycles. The molecule has 1 aliphatic rings. The fourth-order valence-electron chi connectivity index (χ4n) is 3.09. The number of benzene rings is 1. The molecule has 1 aromatic carbocycles. The third-order valence-electron chi connectivity index (χ3n) is 4.06. The molecule has 3 rings (SSSR count). The van der Waals surface area contributed by atoms with Gasteiger partial charge in [0.15, 0.2) is 5.78 Å². The topological polar surface area (TPSA) is 39.2 Å². The summed E-state index contributed by atoms with van der Waals surface area (Å²) in [5.41, 5.74) is 3.21. The smallest absolute Gasteiger partial charge is 0.164 e. The lowest BCUT2D eigenvalue weighted by atomic mass is 9.72. The van der Waals surface area contributed by atoms with Gasteiger partial charge < -0.3 is 4.74 Å². The molecule has 0 fully saturated rings. The number of methoxy groups -OCH3 is 1. The molecule has 2 aromatic rings. The number of carbonyl (C=O) groups is 1. The van der Waals surface area contributed by atoms with Gasteiger partial charge >= 0.3 is 0 Å². The number of ether oxygens (including phenoxy) is 1. The molecule has 0 radical (unpaired) electrons. The highest BCUT2D eigenvalue weighted by molar-refractivity contribution is 7.99. The van der Waals surface area contributed by atoms with Crippen LogP contribution in [0.5, 0.6) is 0 Å². The van der Waals surface area contributed by atoms with Gasteiger partial charge in [-0.05, 0) is 23.5 Å². The molecule has 5 heteroatoms. The van der Waals surface area contributed by atoms with Crippen LogP contribution in [0.1, 0.15) is 36.2 Å². The fourth-order valence-corrected chi connectivity index (χ4v) is 4.80. The van der Waals surface area contributed by atoms with E-state index in [2.05, 4.69) is 31.0 Å². The van der Waals surface area contributed by atoms with Crippen molar-refractivity contribution in [3.63, 3.8) is 0 Å². The second kappa shape index (κ2) is 6.75. The zero-order valence-corrected chi connectivity index (χ0v) is 15.4. The molecule has 3 nitrogen and oxygen atoms in total. The Morgan fingerprint density at radius 1 is 1.35 bits per heavy atom. The Morgan fingerprint density at radius 2 is 2.17 bits per heavy atom. The normalized spacial score (nSPS) is 16.4. The van der Waals surface area contributed by atoms with Gasteiger partial charge in [-0.25, -0.2) is 4.98 Å². The first-order valence-corrected chi connectivity index (χ1v) is 9.59. The molecule has 1 aliphatic carbocycles. The van der Waals surface area contributed by atoms with Gasteiger partial charge in [-0.1, -0.05) is 19.9 Å². The van der Waals surface area contributed by atoms with Crippen LogP contribution < -0.4 is 0 Å². The van der Waals surface area contributed by atoms with Crippen LogP contribution in [0.3, 0.4) is 0 Å². The molecule has 0 saturated carbocycles. The first kappa shape index (κ1) is 16.7. The molecular formula is C18H21NO2S2. The number of thioether (sulfide) groups is 1. The van der Waals surface area contributed by atoms with Gasteiger partial charge in [0, 0.05) is 46.9 Å². The van der Waals surface area contributed by atoms with Crippen LogP contribution in [0, 0.1) is 5.41 Å². The maximum Gasteiger partial charge on any atom is 0.164 e. The second-order valence-corrected chi connectivity index (χ2v) is 8.62. The van der Waals surface area contributed by atoms with E-state index in [9.17, 15) is 4.79 Å². The monoisotopic (exact) mass is 347 g/mol. The van der Waals surface area contributed by atoms with Crippen molar-refractivity contribution in [1.29, 1.82) is 0 Å². The molecule has 0 spiro atoms. The van der Waals surface area contributed by atoms with Gasteiger partial charge in [0.2, 0.25) is 0 Å². The standard InChI is InChI=1S/C18H21NO2S2/c1-18(2)10-13-12(17-19-6-8-23-17)4-5-15(22-9-7-21-3)16(13)14(20)11-18/h4-6,8H,7,9-11H2,1-3H3. The number of thiazole rings is 1. The summed E-state index contributed by atoms with van der Waals surface area (Å²) in [5.74, 6) is 1.12. The van der Waals surface area contributed by atoms with E-state index >= 15 is 0 Å². The van der Waals surface area contributed by atoms with E-state index in [-0.39, 0.29) is 11.2 Å². The van der Waals surface area contributed by atoms with E-state index < -0.39 is 0 Å². The third kappa shape index (κ3) is 3.52. The lowest BCUT2D eigenvalue weighted by Gasteiger charge is -2.32. The number of fused-ring (bicyclic) bond motifs is 1. The number of ketones is 1. The molecule has 0 amide bonds. The molecule has 0 N–H and O–H groups in total. The minimum absolute atomic E-state index is 0.00587. The van der Waals surface area contributed by atoms with Crippen molar-refractivity contribution in [2.45, 2.75) is 31.6 Å². The molecule has 0 aliphatic heterocycles. The molecule has 23 heavy (non-hydrogen) atoms. The highest BCUT2D eigenvalue weighted by atomic mass is 32.2. The van der Waals surface area contributed by atoms with E-state index in [0.29, 0.717) is 13.0 Å². The van der Waals surface area contributed by atoms with Crippen LogP contribution in [0.2, 0.25) is 0 Å². The minimum Gasteiger partial charge on any atom is -0.384 e. The number of nitrogens with zero attached hydrogens (tertiary/aromatic N) is 1. The summed E-state index contributed by atoms with van der Waals surface area (Å²) in [4.78, 5) is 18.3. The van der Waals surface area contributed by atoms with Crippen LogP contribution in [0.15, 0.2) is 28.6 Å². The fraction of sp³-hybridized carbons (Fsp3) is 0.444. The Balaban J connectivity index is 2.08. The molecule has 122 valence electrons. The number of carbonyl (C=O) groups excluding carboxylic acids is 1. The zero-order valence-electron chi connectivity index (χ0n) is 13.7. The predicted molar refractivity (Wildman–Crippen MR) is 96.6 cm³/mol. The summed E-state index contributed by atoms with van der Waals surface area (Å²) in [6.07, 6.45) is 3.35. The maximum absolute atomic E-state index is 12.8. The van der Waals surface area contributed by atoms with E-state index in [0.717, 1.165) is 33.2 Å². The highest BCUT2D eigenvalue weighted by Crippen LogP contribution is 2.43. The van der Waals surface area contributed by atoms with Crippen LogP contribution >= 0.6 is 23.1 Å². The van der Waals surface area contributed by atoms with Crippen molar-refractivity contribution < 1.29 is 9.53 Å². The Morgan fingerprint density at radius 3 is 2.87 bits per heavy atom. The Labute approximate surface area is 145 Å². The van der Waals surface area contributed by atoms with Gasteiger partial charge in [-0.15, -0.1) is 23.1 Å². The van der Waals surface area contributed by atoms with Crippen molar-refractivity contribution in [3.05, 3.63) is 34.8 Å². The van der Waals surface area contributed by atoms with Crippen LogP contribution in [0.4, 0.5) is 0 Å². The summed E-state index contributed by atoms with van der Waals surface area (Å²) < 4.78 is 5.14. The molecule has 0 saturated heterocycles. The van der Waals surface area contributed by atoms with E-state index in [4.69, 9.17) is 4.74 Å². The SMILES string of the molecule is COCCSc1ccc(-c2nccs2)c2c1C(=O)CC(C)(C)C2. The molecule has 0 unspecified atom stereocenters. The van der Waals surface area contributed by atoms with Gasteiger partial charge in [-0.2, -0.15) is 0 Å². The first-order valence-electron chi connectivity index (χ1n) is 7.72. The summed E-state index contributed by atoms with van der Waals surface area (Å²) in [6, 6.07) is 4.20. The highest BCUT2D eigenvalue weighted by Gasteiger charge is 2.34. The van der Waals surface area contributed by atoms with E-state index in [1.165, 1.54) is 5.56 Å². The quantitative estimate of drug-likeness (QED) is 0.580. The average Bonchev–Trinajstić information content (AvgIpc) is 3.00. The number of hydrogen-bond donors (Lipinski definition) is 0. The summed E-state index contributed by atoms with van der Waals surface area (Å²) >= 11 is 3.33. The Kier molecular flexibility index (Phi) is 4.90. The Bertz CT molecular complexity index is 708. The van der Waals surface area contributed by atoms with Crippen molar-refractivity contribution in [2.75, 3.05) is 19.5 Å². The van der Waals surface area contributed by atoms with Crippen molar-refractivity contribution in [1.82, 2.24) is 4.98 Å². The van der Waals surface area contributed by atoms with Crippen LogP contribution in [-0.4, -0.2) is 30.2 Å². The minimum atomic E-state index is 0.00587. The van der Waals surface area contributed by atoms with Crippen molar-refractivity contribution in [2.24, 2.45) is 5.41 Å². The van der Waals surface area contributed by atoms with Crippen molar-refractivity contribution >= 4 is 28.9 Å². The lowest BCUT2D eigenvalue weighted by molar-refractivity contribution is 0.0909. The number of hydrogen-bond acceptors (Lipinski definition) is 5. The number of Topliss-reactive ketones (excluding diaryl/α,β-unsaturated/α-hetero) is 1. The van der Waals surface area contributed by atoms with E-state index in [1.54, 1.807) is 30.2 Å². The molecule has 1 heterocycles. The number of rotatable bonds is 5. The van der Waals surface area contributed by atoms with Gasteiger partial charge in [0.05, 0.1) is 6.61 Å². The number of aromatic nitrogens is 1. The van der Waals surface area contributed by atoms with Gasteiger partial charge in [-0.3, -0.25) is 4.79 Å². The lowest BCUT2D eigenvalue weighted by Crippen LogP contribution is -2.28. The summed E-state index contributed by atoms with van der Waals surface area (Å²) in [7, 11) is 1.70. The Hall–Kier alpha value is -1.17. The summed E-state index contributed by atoms with van der Waals surface area (Å²) in [5, 5.41) is 2.99. The molecular weight excluding hydrogens is 326 g/mol. The second-order valence-electron chi connectivity index (χ2n) is 6.58. The van der Waals surface area contributed by atoms with Crippen LogP contribution in [0.25, 0.3) is 10.6 Å². The van der Waals surface area contributed by atoms with Crippen LogP contribution in [-0.2, 0) is 11.2 Å². The largest absolute Gasteiger partial charge is 0.384 e. The molecule has 0 atom stereocenters. The van der Waals surface area contributed by atoms with Gasteiger partial charge in [0.25, 0.3) is 0 Å². The zero-order chi connectivity index (χ0) is 16.4. The molecule has 0 bridgehead atoms. The predicted octanol–water partition coefficient (Wildman–Crippen LogP) is 4.70.